The smallest absolute Gasteiger partial charge is 0.335 e. The topological polar surface area (TPSA) is 62.2 Å². The van der Waals surface area contributed by atoms with Crippen LogP contribution in [-0.2, 0) is 0 Å². The number of benzene rings is 1. The maximum absolute atomic E-state index is 10.9. The second kappa shape index (κ2) is 5.52. The standard InChI is InChI=1S/C15H16N2O2/c1-10(2)12-5-3-4-6-13(12)17-14-9-11(15(18)19)7-8-16-14/h3-10H,1-2H3,(H,16,17)(H,18,19). The van der Waals surface area contributed by atoms with Crippen molar-refractivity contribution in [2.75, 3.05) is 5.32 Å². The maximum atomic E-state index is 10.9. The van der Waals surface area contributed by atoms with Crippen LogP contribution in [0.4, 0.5) is 11.5 Å². The van der Waals surface area contributed by atoms with Crippen molar-refractivity contribution in [2.45, 2.75) is 19.8 Å². The van der Waals surface area contributed by atoms with Gasteiger partial charge >= 0.3 is 5.97 Å². The fraction of sp³-hybridized carbons (Fsp3) is 0.200. The van der Waals surface area contributed by atoms with E-state index in [4.69, 9.17) is 5.11 Å². The van der Waals surface area contributed by atoms with Crippen LogP contribution in [0.5, 0.6) is 0 Å². The van der Waals surface area contributed by atoms with Gasteiger partial charge in [-0.05, 0) is 29.7 Å². The van der Waals surface area contributed by atoms with Gasteiger partial charge in [-0.3, -0.25) is 0 Å². The second-order valence-corrected chi connectivity index (χ2v) is 4.60. The first kappa shape index (κ1) is 13.1. The van der Waals surface area contributed by atoms with Gasteiger partial charge in [-0.25, -0.2) is 9.78 Å². The lowest BCUT2D eigenvalue weighted by molar-refractivity contribution is 0.0697. The molecule has 0 aliphatic heterocycles. The third-order valence-corrected chi connectivity index (χ3v) is 2.85. The van der Waals surface area contributed by atoms with E-state index in [1.54, 1.807) is 0 Å². The van der Waals surface area contributed by atoms with E-state index in [1.807, 2.05) is 24.3 Å². The Labute approximate surface area is 112 Å². The van der Waals surface area contributed by atoms with Crippen LogP contribution in [0.3, 0.4) is 0 Å². The third-order valence-electron chi connectivity index (χ3n) is 2.85. The second-order valence-electron chi connectivity index (χ2n) is 4.60. The lowest BCUT2D eigenvalue weighted by Gasteiger charge is -2.14. The zero-order valence-electron chi connectivity index (χ0n) is 10.9. The molecule has 0 saturated heterocycles. The number of nitrogens with one attached hydrogen (secondary N) is 1. The van der Waals surface area contributed by atoms with Gasteiger partial charge in [-0.2, -0.15) is 0 Å². The van der Waals surface area contributed by atoms with Crippen LogP contribution in [0, 0.1) is 0 Å². The molecule has 0 atom stereocenters. The molecule has 0 radical (unpaired) electrons. The van der Waals surface area contributed by atoms with Crippen molar-refractivity contribution in [3.8, 4) is 0 Å². The number of hydrogen-bond donors (Lipinski definition) is 2. The summed E-state index contributed by atoms with van der Waals surface area (Å²) in [6.45, 7) is 4.23. The average molecular weight is 256 g/mol. The van der Waals surface area contributed by atoms with Gasteiger partial charge in [0, 0.05) is 11.9 Å². The molecule has 1 aromatic carbocycles. The van der Waals surface area contributed by atoms with E-state index in [2.05, 4.69) is 24.1 Å². The number of aromatic nitrogens is 1. The number of carboxylic acids is 1. The molecule has 2 rings (SSSR count). The molecule has 2 N–H and O–H groups in total. The summed E-state index contributed by atoms with van der Waals surface area (Å²) in [5.74, 6) is -0.0399. The van der Waals surface area contributed by atoms with E-state index in [-0.39, 0.29) is 5.56 Å². The molecule has 0 unspecified atom stereocenters. The summed E-state index contributed by atoms with van der Waals surface area (Å²) in [4.78, 5) is 15.1. The predicted octanol–water partition coefficient (Wildman–Crippen LogP) is 3.65. The predicted molar refractivity (Wildman–Crippen MR) is 75.0 cm³/mol. The largest absolute Gasteiger partial charge is 0.478 e. The molecule has 0 amide bonds. The van der Waals surface area contributed by atoms with Crippen molar-refractivity contribution in [3.05, 3.63) is 53.7 Å². The highest BCUT2D eigenvalue weighted by molar-refractivity contribution is 5.88. The van der Waals surface area contributed by atoms with Crippen LogP contribution in [0.15, 0.2) is 42.6 Å². The molecule has 4 heteroatoms. The van der Waals surface area contributed by atoms with Crippen molar-refractivity contribution in [1.29, 1.82) is 0 Å². The van der Waals surface area contributed by atoms with E-state index < -0.39 is 5.97 Å². The molecule has 1 heterocycles. The number of hydrogen-bond acceptors (Lipinski definition) is 3. The van der Waals surface area contributed by atoms with Gasteiger partial charge in [0.05, 0.1) is 5.56 Å². The Kier molecular flexibility index (Phi) is 3.80. The van der Waals surface area contributed by atoms with Crippen molar-refractivity contribution in [2.24, 2.45) is 0 Å². The van der Waals surface area contributed by atoms with E-state index >= 15 is 0 Å². The highest BCUT2D eigenvalue weighted by atomic mass is 16.4. The van der Waals surface area contributed by atoms with Crippen LogP contribution in [-0.4, -0.2) is 16.1 Å². The number of anilines is 2. The first-order chi connectivity index (χ1) is 9.08. The number of carbonyl (C=O) groups is 1. The number of rotatable bonds is 4. The summed E-state index contributed by atoms with van der Waals surface area (Å²) >= 11 is 0. The first-order valence-electron chi connectivity index (χ1n) is 6.13. The Balaban J connectivity index is 2.31. The van der Waals surface area contributed by atoms with E-state index in [0.29, 0.717) is 11.7 Å². The molecule has 0 aliphatic carbocycles. The monoisotopic (exact) mass is 256 g/mol. The number of nitrogens with zero attached hydrogens (tertiary/aromatic N) is 1. The summed E-state index contributed by atoms with van der Waals surface area (Å²) in [6, 6.07) is 10.9. The molecule has 0 fully saturated rings. The zero-order valence-corrected chi connectivity index (χ0v) is 10.9. The highest BCUT2D eigenvalue weighted by Crippen LogP contribution is 2.26. The molecule has 0 saturated carbocycles. The fourth-order valence-corrected chi connectivity index (χ4v) is 1.88. The minimum Gasteiger partial charge on any atom is -0.478 e. The van der Waals surface area contributed by atoms with Gasteiger partial charge in [0.2, 0.25) is 0 Å². The van der Waals surface area contributed by atoms with Gasteiger partial charge in [0.25, 0.3) is 0 Å². The molecule has 0 aliphatic rings. The summed E-state index contributed by atoms with van der Waals surface area (Å²) < 4.78 is 0. The lowest BCUT2D eigenvalue weighted by Crippen LogP contribution is -2.02. The molecule has 2 aromatic rings. The number of pyridine rings is 1. The molecule has 98 valence electrons. The third kappa shape index (κ3) is 3.10. The Morgan fingerprint density at radius 2 is 2.00 bits per heavy atom. The van der Waals surface area contributed by atoms with Crippen molar-refractivity contribution < 1.29 is 9.90 Å². The highest BCUT2D eigenvalue weighted by Gasteiger charge is 2.08. The minimum atomic E-state index is -0.956. The Hall–Kier alpha value is -2.36. The SMILES string of the molecule is CC(C)c1ccccc1Nc1cc(C(=O)O)ccn1. The fourth-order valence-electron chi connectivity index (χ4n) is 1.88. The van der Waals surface area contributed by atoms with E-state index in [9.17, 15) is 4.79 Å². The van der Waals surface area contributed by atoms with Gasteiger partial charge in [-0.15, -0.1) is 0 Å². The van der Waals surface area contributed by atoms with Gasteiger partial charge in [-0.1, -0.05) is 32.0 Å². The quantitative estimate of drug-likeness (QED) is 0.876. The normalized spacial score (nSPS) is 10.5. The van der Waals surface area contributed by atoms with E-state index in [0.717, 1.165) is 5.69 Å². The number of para-hydroxylation sites is 1. The summed E-state index contributed by atoms with van der Waals surface area (Å²) in [6.07, 6.45) is 1.49. The van der Waals surface area contributed by atoms with Crippen molar-refractivity contribution >= 4 is 17.5 Å². The van der Waals surface area contributed by atoms with Crippen LogP contribution in [0.1, 0.15) is 35.7 Å². The average Bonchev–Trinajstić information content (AvgIpc) is 2.39. The Bertz CT molecular complexity index is 594. The number of carboxylic acid groups (broad SMARTS) is 1. The summed E-state index contributed by atoms with van der Waals surface area (Å²) in [5, 5.41) is 12.1. The van der Waals surface area contributed by atoms with E-state index in [1.165, 1.54) is 23.9 Å². The van der Waals surface area contributed by atoms with Gasteiger partial charge in [0.1, 0.15) is 5.82 Å². The Morgan fingerprint density at radius 1 is 1.26 bits per heavy atom. The van der Waals surface area contributed by atoms with Gasteiger partial charge in [0.15, 0.2) is 0 Å². The van der Waals surface area contributed by atoms with Crippen molar-refractivity contribution in [3.63, 3.8) is 0 Å². The molecule has 1 aromatic heterocycles. The molecule has 0 bridgehead atoms. The lowest BCUT2D eigenvalue weighted by atomic mass is 10.0. The number of aromatic carboxylic acids is 1. The van der Waals surface area contributed by atoms with Gasteiger partial charge < -0.3 is 10.4 Å². The molecular formula is C15H16N2O2. The first-order valence-corrected chi connectivity index (χ1v) is 6.13. The molecule has 0 spiro atoms. The van der Waals surface area contributed by atoms with Crippen molar-refractivity contribution in [1.82, 2.24) is 4.98 Å². The maximum Gasteiger partial charge on any atom is 0.335 e. The minimum absolute atomic E-state index is 0.222. The Morgan fingerprint density at radius 3 is 2.68 bits per heavy atom. The zero-order chi connectivity index (χ0) is 13.8. The van der Waals surface area contributed by atoms with Crippen LogP contribution >= 0.6 is 0 Å². The molecule has 4 nitrogen and oxygen atoms in total. The summed E-state index contributed by atoms with van der Waals surface area (Å²) in [5.41, 5.74) is 2.34. The summed E-state index contributed by atoms with van der Waals surface area (Å²) in [7, 11) is 0. The molecule has 19 heavy (non-hydrogen) atoms. The van der Waals surface area contributed by atoms with Crippen LogP contribution < -0.4 is 5.32 Å². The van der Waals surface area contributed by atoms with Crippen LogP contribution in [0.25, 0.3) is 0 Å². The van der Waals surface area contributed by atoms with Crippen LogP contribution in [0.2, 0.25) is 0 Å². The molecular weight excluding hydrogens is 240 g/mol.